The van der Waals surface area contributed by atoms with E-state index in [1.165, 1.54) is 17.8 Å². The van der Waals surface area contributed by atoms with E-state index >= 15 is 0 Å². The maximum Gasteiger partial charge on any atom is 0.0931 e. The fraction of sp³-hybridized carbons (Fsp3) is 0.769. The van der Waals surface area contributed by atoms with E-state index in [4.69, 9.17) is 0 Å². The van der Waals surface area contributed by atoms with Crippen LogP contribution in [0, 0.1) is 12.8 Å². The van der Waals surface area contributed by atoms with Crippen molar-refractivity contribution in [2.24, 2.45) is 5.92 Å². The Labute approximate surface area is 103 Å². The molecule has 0 aliphatic heterocycles. The zero-order valence-corrected chi connectivity index (χ0v) is 11.7. The number of aryl methyl sites for hydroxylation is 1. The van der Waals surface area contributed by atoms with Crippen molar-refractivity contribution < 1.29 is 0 Å². The highest BCUT2D eigenvalue weighted by molar-refractivity contribution is 7.09. The van der Waals surface area contributed by atoms with Gasteiger partial charge in [-0.25, -0.2) is 4.98 Å². The number of hydrogen-bond acceptors (Lipinski definition) is 3. The van der Waals surface area contributed by atoms with Gasteiger partial charge in [-0.2, -0.15) is 0 Å². The molecule has 3 heteroatoms. The molecule has 2 unspecified atom stereocenters. The molecule has 0 bridgehead atoms. The second-order valence-electron chi connectivity index (χ2n) is 4.53. The van der Waals surface area contributed by atoms with Crippen LogP contribution in [0.3, 0.4) is 0 Å². The predicted molar refractivity (Wildman–Crippen MR) is 72.1 cm³/mol. The normalized spacial score (nSPS) is 15.0. The molecular weight excluding hydrogens is 216 g/mol. The molecular formula is C13H24N2S. The van der Waals surface area contributed by atoms with Crippen LogP contribution >= 0.6 is 11.3 Å². The summed E-state index contributed by atoms with van der Waals surface area (Å²) in [5.74, 6) is 0.669. The fourth-order valence-electron chi connectivity index (χ4n) is 1.99. The average molecular weight is 240 g/mol. The summed E-state index contributed by atoms with van der Waals surface area (Å²) in [6.45, 7) is 10.00. The number of hydrogen-bond donors (Lipinski definition) is 1. The van der Waals surface area contributed by atoms with Gasteiger partial charge in [-0.15, -0.1) is 11.3 Å². The summed E-state index contributed by atoms with van der Waals surface area (Å²) in [6, 6.07) is 0.629. The molecule has 0 spiro atoms. The minimum Gasteiger partial charge on any atom is -0.314 e. The van der Waals surface area contributed by atoms with E-state index in [9.17, 15) is 0 Å². The molecule has 0 amide bonds. The smallest absolute Gasteiger partial charge is 0.0931 e. The van der Waals surface area contributed by atoms with Crippen LogP contribution in [-0.4, -0.2) is 17.6 Å². The summed E-state index contributed by atoms with van der Waals surface area (Å²) in [6.07, 6.45) is 3.51. The highest BCUT2D eigenvalue weighted by atomic mass is 32.1. The van der Waals surface area contributed by atoms with E-state index in [2.05, 4.69) is 43.4 Å². The van der Waals surface area contributed by atoms with Crippen LogP contribution in [0.25, 0.3) is 0 Å². The van der Waals surface area contributed by atoms with E-state index in [-0.39, 0.29) is 0 Å². The Morgan fingerprint density at radius 1 is 1.44 bits per heavy atom. The topological polar surface area (TPSA) is 24.9 Å². The minimum atomic E-state index is 0.629. The quantitative estimate of drug-likeness (QED) is 0.790. The summed E-state index contributed by atoms with van der Waals surface area (Å²) >= 11 is 1.79. The molecule has 1 aromatic heterocycles. The molecule has 1 heterocycles. The van der Waals surface area contributed by atoms with Gasteiger partial charge in [0.1, 0.15) is 0 Å². The number of nitrogens with zero attached hydrogens (tertiary/aromatic N) is 1. The highest BCUT2D eigenvalue weighted by Gasteiger charge is 2.16. The lowest BCUT2D eigenvalue weighted by Gasteiger charge is -2.23. The van der Waals surface area contributed by atoms with Crippen LogP contribution in [0.2, 0.25) is 0 Å². The standard InChI is InChI=1S/C13H24N2S/c1-5-7-14-12(6-2)10(3)8-13-15-11(4)9-16-13/h9-10,12,14H,5-8H2,1-4H3. The van der Waals surface area contributed by atoms with Gasteiger partial charge >= 0.3 is 0 Å². The van der Waals surface area contributed by atoms with Crippen LogP contribution in [-0.2, 0) is 6.42 Å². The van der Waals surface area contributed by atoms with E-state index in [1.807, 2.05) is 0 Å². The molecule has 92 valence electrons. The van der Waals surface area contributed by atoms with Gasteiger partial charge in [0.25, 0.3) is 0 Å². The zero-order valence-electron chi connectivity index (χ0n) is 10.9. The molecule has 0 aliphatic carbocycles. The van der Waals surface area contributed by atoms with Crippen LogP contribution in [0.5, 0.6) is 0 Å². The first-order valence-electron chi connectivity index (χ1n) is 6.31. The third-order valence-corrected chi connectivity index (χ3v) is 3.94. The number of aromatic nitrogens is 1. The maximum absolute atomic E-state index is 4.54. The van der Waals surface area contributed by atoms with Gasteiger partial charge in [0.05, 0.1) is 5.01 Å². The third kappa shape index (κ3) is 4.22. The first-order valence-corrected chi connectivity index (χ1v) is 7.19. The van der Waals surface area contributed by atoms with Gasteiger partial charge in [-0.1, -0.05) is 20.8 Å². The number of thiazole rings is 1. The molecule has 0 fully saturated rings. The summed E-state index contributed by atoms with van der Waals surface area (Å²) < 4.78 is 0. The Bertz CT molecular complexity index is 296. The SMILES string of the molecule is CCCNC(CC)C(C)Cc1nc(C)cs1. The summed E-state index contributed by atoms with van der Waals surface area (Å²) in [4.78, 5) is 4.54. The Balaban J connectivity index is 2.45. The van der Waals surface area contributed by atoms with Gasteiger partial charge in [0, 0.05) is 23.5 Å². The Hall–Kier alpha value is -0.410. The van der Waals surface area contributed by atoms with Crippen molar-refractivity contribution in [1.82, 2.24) is 10.3 Å². The molecule has 0 aliphatic rings. The minimum absolute atomic E-state index is 0.629. The van der Waals surface area contributed by atoms with Crippen molar-refractivity contribution in [2.45, 2.75) is 53.0 Å². The lowest BCUT2D eigenvalue weighted by Crippen LogP contribution is -2.35. The monoisotopic (exact) mass is 240 g/mol. The molecule has 16 heavy (non-hydrogen) atoms. The fourth-order valence-corrected chi connectivity index (χ4v) is 2.91. The van der Waals surface area contributed by atoms with Crippen molar-refractivity contribution in [1.29, 1.82) is 0 Å². The number of nitrogens with one attached hydrogen (secondary N) is 1. The van der Waals surface area contributed by atoms with Gasteiger partial charge in [0.2, 0.25) is 0 Å². The Morgan fingerprint density at radius 2 is 2.19 bits per heavy atom. The molecule has 2 nitrogen and oxygen atoms in total. The first kappa shape index (κ1) is 13.7. The summed E-state index contributed by atoms with van der Waals surface area (Å²) in [5, 5.41) is 7.04. The maximum atomic E-state index is 4.54. The zero-order chi connectivity index (χ0) is 12.0. The molecule has 0 saturated carbocycles. The Kier molecular flexibility index (Phi) is 5.99. The second-order valence-corrected chi connectivity index (χ2v) is 5.48. The molecule has 1 N–H and O–H groups in total. The van der Waals surface area contributed by atoms with Crippen LogP contribution in [0.1, 0.15) is 44.3 Å². The molecule has 0 aromatic carbocycles. The van der Waals surface area contributed by atoms with E-state index in [1.54, 1.807) is 11.3 Å². The first-order chi connectivity index (χ1) is 7.67. The highest BCUT2D eigenvalue weighted by Crippen LogP contribution is 2.17. The van der Waals surface area contributed by atoms with Crippen molar-refractivity contribution in [3.8, 4) is 0 Å². The van der Waals surface area contributed by atoms with Crippen LogP contribution in [0.4, 0.5) is 0 Å². The second kappa shape index (κ2) is 7.02. The molecule has 0 saturated heterocycles. The van der Waals surface area contributed by atoms with Crippen molar-refractivity contribution in [2.75, 3.05) is 6.54 Å². The molecule has 0 radical (unpaired) electrons. The van der Waals surface area contributed by atoms with Crippen LogP contribution < -0.4 is 5.32 Å². The van der Waals surface area contributed by atoms with E-state index < -0.39 is 0 Å². The van der Waals surface area contributed by atoms with Gasteiger partial charge in [-0.3, -0.25) is 0 Å². The summed E-state index contributed by atoms with van der Waals surface area (Å²) in [7, 11) is 0. The Morgan fingerprint density at radius 3 is 2.69 bits per heavy atom. The summed E-state index contributed by atoms with van der Waals surface area (Å²) in [5.41, 5.74) is 1.15. The third-order valence-electron chi connectivity index (χ3n) is 2.95. The van der Waals surface area contributed by atoms with Gasteiger partial charge < -0.3 is 5.32 Å². The van der Waals surface area contributed by atoms with Crippen molar-refractivity contribution in [3.05, 3.63) is 16.1 Å². The van der Waals surface area contributed by atoms with Crippen molar-refractivity contribution >= 4 is 11.3 Å². The average Bonchev–Trinajstić information content (AvgIpc) is 2.65. The predicted octanol–water partition coefficient (Wildman–Crippen LogP) is 3.41. The molecule has 1 aromatic rings. The largest absolute Gasteiger partial charge is 0.314 e. The van der Waals surface area contributed by atoms with Gasteiger partial charge in [0.15, 0.2) is 0 Å². The molecule has 2 atom stereocenters. The lowest BCUT2D eigenvalue weighted by molar-refractivity contribution is 0.364. The molecule has 1 rings (SSSR count). The van der Waals surface area contributed by atoms with E-state index in [0.717, 1.165) is 18.7 Å². The van der Waals surface area contributed by atoms with Crippen LogP contribution in [0.15, 0.2) is 5.38 Å². The van der Waals surface area contributed by atoms with E-state index in [0.29, 0.717) is 12.0 Å². The van der Waals surface area contributed by atoms with Gasteiger partial charge in [-0.05, 0) is 32.2 Å². The lowest BCUT2D eigenvalue weighted by atomic mass is 9.96. The number of rotatable bonds is 7. The van der Waals surface area contributed by atoms with Crippen molar-refractivity contribution in [3.63, 3.8) is 0 Å².